The van der Waals surface area contributed by atoms with Crippen LogP contribution in [0.3, 0.4) is 0 Å². The van der Waals surface area contributed by atoms with Crippen LogP contribution in [0.1, 0.15) is 43.0 Å². The normalized spacial score (nSPS) is 18.6. The molecule has 0 saturated carbocycles. The van der Waals surface area contributed by atoms with Crippen molar-refractivity contribution in [2.24, 2.45) is 0 Å². The molecule has 1 aliphatic heterocycles. The third-order valence-corrected chi connectivity index (χ3v) is 3.67. The molecule has 0 aromatic carbocycles. The summed E-state index contributed by atoms with van der Waals surface area (Å²) in [5, 5.41) is 2.76. The first-order chi connectivity index (χ1) is 9.68. The van der Waals surface area contributed by atoms with Gasteiger partial charge in [-0.25, -0.2) is 0 Å². The minimum Gasteiger partial charge on any atom is -0.351 e. The SMILES string of the molecule is C[C@@H]1CCCCN1C(=O)CCNC(=O)c1cccnc1. The van der Waals surface area contributed by atoms with E-state index in [9.17, 15) is 9.59 Å². The summed E-state index contributed by atoms with van der Waals surface area (Å²) in [6.07, 6.45) is 6.85. The molecule has 1 aromatic rings. The molecule has 0 unspecified atom stereocenters. The van der Waals surface area contributed by atoms with Gasteiger partial charge < -0.3 is 10.2 Å². The number of amides is 2. The molecule has 108 valence electrons. The highest BCUT2D eigenvalue weighted by Crippen LogP contribution is 2.16. The first-order valence-corrected chi connectivity index (χ1v) is 7.16. The minimum atomic E-state index is -0.183. The first-order valence-electron chi connectivity index (χ1n) is 7.16. The average Bonchev–Trinajstić information content (AvgIpc) is 2.48. The van der Waals surface area contributed by atoms with Crippen LogP contribution in [0.25, 0.3) is 0 Å². The highest BCUT2D eigenvalue weighted by Gasteiger charge is 2.22. The molecule has 0 aliphatic carbocycles. The molecule has 2 amide bonds. The highest BCUT2D eigenvalue weighted by molar-refractivity contribution is 5.94. The van der Waals surface area contributed by atoms with E-state index in [2.05, 4.69) is 17.2 Å². The Labute approximate surface area is 119 Å². The summed E-state index contributed by atoms with van der Waals surface area (Å²) >= 11 is 0. The standard InChI is InChI=1S/C15H21N3O2/c1-12-5-2-3-10-18(12)14(19)7-9-17-15(20)13-6-4-8-16-11-13/h4,6,8,11-12H,2-3,5,7,9-10H2,1H3,(H,17,20)/t12-/m1/s1. The van der Waals surface area contributed by atoms with Gasteiger partial charge >= 0.3 is 0 Å². The van der Waals surface area contributed by atoms with Crippen molar-refractivity contribution in [1.29, 1.82) is 0 Å². The summed E-state index contributed by atoms with van der Waals surface area (Å²) in [6, 6.07) is 3.75. The Kier molecular flexibility index (Phi) is 5.09. The largest absolute Gasteiger partial charge is 0.351 e. The van der Waals surface area contributed by atoms with Crippen LogP contribution in [0.4, 0.5) is 0 Å². The summed E-state index contributed by atoms with van der Waals surface area (Å²) in [5.74, 6) is -0.0544. The molecule has 0 radical (unpaired) electrons. The maximum absolute atomic E-state index is 12.1. The number of carbonyl (C=O) groups is 2. The van der Waals surface area contributed by atoms with E-state index in [0.29, 0.717) is 24.6 Å². The Balaban J connectivity index is 1.75. The average molecular weight is 275 g/mol. The minimum absolute atomic E-state index is 0.128. The zero-order chi connectivity index (χ0) is 14.4. The van der Waals surface area contributed by atoms with Crippen LogP contribution >= 0.6 is 0 Å². The van der Waals surface area contributed by atoms with Gasteiger partial charge in [0.15, 0.2) is 0 Å². The molecule has 1 atom stereocenters. The molecule has 2 heterocycles. The lowest BCUT2D eigenvalue weighted by molar-refractivity contribution is -0.134. The molecule has 1 N–H and O–H groups in total. The van der Waals surface area contributed by atoms with E-state index in [1.54, 1.807) is 18.3 Å². The number of hydrogen-bond acceptors (Lipinski definition) is 3. The molecule has 1 fully saturated rings. The van der Waals surface area contributed by atoms with Crippen molar-refractivity contribution in [3.8, 4) is 0 Å². The second-order valence-electron chi connectivity index (χ2n) is 5.18. The molecule has 5 heteroatoms. The fourth-order valence-electron chi connectivity index (χ4n) is 2.49. The van der Waals surface area contributed by atoms with E-state index >= 15 is 0 Å². The lowest BCUT2D eigenvalue weighted by atomic mass is 10.0. The van der Waals surface area contributed by atoms with Crippen molar-refractivity contribution in [2.45, 2.75) is 38.6 Å². The van der Waals surface area contributed by atoms with Gasteiger partial charge in [0.1, 0.15) is 0 Å². The Hall–Kier alpha value is -1.91. The van der Waals surface area contributed by atoms with Crippen LogP contribution in [0.15, 0.2) is 24.5 Å². The number of rotatable bonds is 4. The molecular formula is C15H21N3O2. The van der Waals surface area contributed by atoms with Crippen molar-refractivity contribution in [2.75, 3.05) is 13.1 Å². The second-order valence-corrected chi connectivity index (χ2v) is 5.18. The monoisotopic (exact) mass is 275 g/mol. The number of aromatic nitrogens is 1. The lowest BCUT2D eigenvalue weighted by Crippen LogP contribution is -2.43. The zero-order valence-corrected chi connectivity index (χ0v) is 11.8. The molecule has 1 aliphatic rings. The fourth-order valence-corrected chi connectivity index (χ4v) is 2.49. The number of nitrogens with zero attached hydrogens (tertiary/aromatic N) is 2. The fraction of sp³-hybridized carbons (Fsp3) is 0.533. The van der Waals surface area contributed by atoms with Gasteiger partial charge in [0.2, 0.25) is 5.91 Å². The summed E-state index contributed by atoms with van der Waals surface area (Å²) in [5.41, 5.74) is 0.520. The maximum Gasteiger partial charge on any atom is 0.252 e. The van der Waals surface area contributed by atoms with Crippen molar-refractivity contribution >= 4 is 11.8 Å². The number of hydrogen-bond donors (Lipinski definition) is 1. The van der Waals surface area contributed by atoms with Gasteiger partial charge in [0, 0.05) is 37.9 Å². The van der Waals surface area contributed by atoms with Gasteiger partial charge in [0.25, 0.3) is 5.91 Å². The van der Waals surface area contributed by atoms with E-state index in [-0.39, 0.29) is 11.8 Å². The van der Waals surface area contributed by atoms with Crippen LogP contribution in [0.2, 0.25) is 0 Å². The summed E-state index contributed by atoms with van der Waals surface area (Å²) in [6.45, 7) is 3.30. The Morgan fingerprint density at radius 3 is 3.00 bits per heavy atom. The van der Waals surface area contributed by atoms with Crippen LogP contribution in [-0.2, 0) is 4.79 Å². The topological polar surface area (TPSA) is 62.3 Å². The molecule has 20 heavy (non-hydrogen) atoms. The number of carbonyl (C=O) groups excluding carboxylic acids is 2. The number of pyridine rings is 1. The summed E-state index contributed by atoms with van der Waals surface area (Å²) in [7, 11) is 0. The predicted molar refractivity (Wildman–Crippen MR) is 76.2 cm³/mol. The Bertz CT molecular complexity index is 461. The number of likely N-dealkylation sites (tertiary alicyclic amines) is 1. The third-order valence-electron chi connectivity index (χ3n) is 3.67. The Morgan fingerprint density at radius 1 is 1.45 bits per heavy atom. The molecule has 5 nitrogen and oxygen atoms in total. The zero-order valence-electron chi connectivity index (χ0n) is 11.8. The molecule has 2 rings (SSSR count). The maximum atomic E-state index is 12.1. The summed E-state index contributed by atoms with van der Waals surface area (Å²) in [4.78, 5) is 29.7. The van der Waals surface area contributed by atoms with Gasteiger partial charge in [-0.2, -0.15) is 0 Å². The number of nitrogens with one attached hydrogen (secondary N) is 1. The van der Waals surface area contributed by atoms with E-state index in [1.807, 2.05) is 4.90 Å². The summed E-state index contributed by atoms with van der Waals surface area (Å²) < 4.78 is 0. The van der Waals surface area contributed by atoms with Crippen molar-refractivity contribution in [1.82, 2.24) is 15.2 Å². The highest BCUT2D eigenvalue weighted by atomic mass is 16.2. The first kappa shape index (κ1) is 14.5. The Morgan fingerprint density at radius 2 is 2.30 bits per heavy atom. The number of piperidine rings is 1. The van der Waals surface area contributed by atoms with E-state index in [0.717, 1.165) is 19.4 Å². The van der Waals surface area contributed by atoms with Crippen LogP contribution < -0.4 is 5.32 Å². The van der Waals surface area contributed by atoms with Gasteiger partial charge in [-0.05, 0) is 38.3 Å². The van der Waals surface area contributed by atoms with Gasteiger partial charge in [-0.1, -0.05) is 0 Å². The smallest absolute Gasteiger partial charge is 0.252 e. The van der Waals surface area contributed by atoms with Crippen LogP contribution in [-0.4, -0.2) is 40.8 Å². The predicted octanol–water partition coefficient (Wildman–Crippen LogP) is 1.60. The molecule has 1 aromatic heterocycles. The van der Waals surface area contributed by atoms with Crippen molar-refractivity contribution in [3.63, 3.8) is 0 Å². The lowest BCUT2D eigenvalue weighted by Gasteiger charge is -2.33. The van der Waals surface area contributed by atoms with Crippen LogP contribution in [0.5, 0.6) is 0 Å². The van der Waals surface area contributed by atoms with Crippen molar-refractivity contribution < 1.29 is 9.59 Å². The van der Waals surface area contributed by atoms with Gasteiger partial charge in [-0.3, -0.25) is 14.6 Å². The molecule has 1 saturated heterocycles. The molecular weight excluding hydrogens is 254 g/mol. The third kappa shape index (κ3) is 3.79. The van der Waals surface area contributed by atoms with Crippen LogP contribution in [0, 0.1) is 0 Å². The van der Waals surface area contributed by atoms with E-state index < -0.39 is 0 Å². The molecule has 0 spiro atoms. The molecule has 0 bridgehead atoms. The van der Waals surface area contributed by atoms with E-state index in [4.69, 9.17) is 0 Å². The van der Waals surface area contributed by atoms with Gasteiger partial charge in [-0.15, -0.1) is 0 Å². The van der Waals surface area contributed by atoms with E-state index in [1.165, 1.54) is 12.6 Å². The van der Waals surface area contributed by atoms with Crippen molar-refractivity contribution in [3.05, 3.63) is 30.1 Å². The van der Waals surface area contributed by atoms with Gasteiger partial charge in [0.05, 0.1) is 5.56 Å². The quantitative estimate of drug-likeness (QED) is 0.908. The second kappa shape index (κ2) is 7.03.